The van der Waals surface area contributed by atoms with Crippen molar-refractivity contribution in [3.8, 4) is 0 Å². The van der Waals surface area contributed by atoms with Gasteiger partial charge in [0.05, 0.1) is 37.9 Å². The number of nitrogens with zero attached hydrogens (tertiary/aromatic N) is 1. The Morgan fingerprint density at radius 1 is 0.855 bits per heavy atom. The summed E-state index contributed by atoms with van der Waals surface area (Å²) in [6.07, 6.45) is -4.84. The lowest BCUT2D eigenvalue weighted by molar-refractivity contribution is -0.283. The van der Waals surface area contributed by atoms with Gasteiger partial charge in [0.15, 0.2) is 12.6 Å². The molecule has 0 bridgehead atoms. The number of allylic oxidation sites excluding steroid dienone is 1. The van der Waals surface area contributed by atoms with E-state index in [2.05, 4.69) is 21.3 Å². The van der Waals surface area contributed by atoms with Gasteiger partial charge in [-0.2, -0.15) is 0 Å². The van der Waals surface area contributed by atoms with Crippen molar-refractivity contribution in [1.82, 2.24) is 26.2 Å². The largest absolute Gasteiger partial charge is 0.468 e. The highest BCUT2D eigenvalue weighted by atomic mass is 16.7. The first kappa shape index (κ1) is 51.2. The van der Waals surface area contributed by atoms with E-state index in [4.69, 9.17) is 37.9 Å². The highest BCUT2D eigenvalue weighted by Gasteiger charge is 2.50. The van der Waals surface area contributed by atoms with Crippen molar-refractivity contribution in [3.63, 3.8) is 0 Å². The number of hydrogen-bond donors (Lipinski definition) is 6. The van der Waals surface area contributed by atoms with Crippen molar-refractivity contribution >= 4 is 24.2 Å². The van der Waals surface area contributed by atoms with Crippen LogP contribution in [0.4, 0.5) is 14.4 Å². The minimum atomic E-state index is -1.47. The van der Waals surface area contributed by atoms with Gasteiger partial charge >= 0.3 is 18.3 Å². The molecule has 0 aromatic carbocycles. The van der Waals surface area contributed by atoms with Gasteiger partial charge in [0.2, 0.25) is 5.91 Å². The Hall–Kier alpha value is -3.46. The van der Waals surface area contributed by atoms with Crippen molar-refractivity contribution in [2.75, 3.05) is 32.8 Å². The fourth-order valence-corrected chi connectivity index (χ4v) is 7.69. The Balaban J connectivity index is 1.47. The summed E-state index contributed by atoms with van der Waals surface area (Å²) < 4.78 is 47.5. The van der Waals surface area contributed by atoms with E-state index in [-0.39, 0.29) is 37.8 Å². The monoisotopic (exact) mass is 886 g/mol. The molecular weight excluding hydrogens is 810 g/mol. The smallest absolute Gasteiger partial charge is 0.412 e. The number of hydrogen-bond acceptors (Lipinski definition) is 15. The maximum atomic E-state index is 13.4. The van der Waals surface area contributed by atoms with Crippen molar-refractivity contribution in [2.24, 2.45) is 5.92 Å². The van der Waals surface area contributed by atoms with Crippen LogP contribution in [-0.4, -0.2) is 150 Å². The van der Waals surface area contributed by atoms with Crippen LogP contribution in [0, 0.1) is 5.92 Å². The van der Waals surface area contributed by atoms with Crippen LogP contribution in [-0.2, 0) is 42.7 Å². The maximum Gasteiger partial charge on any atom is 0.412 e. The molecule has 4 rings (SSSR count). The molecule has 3 fully saturated rings. The highest BCUT2D eigenvalue weighted by Crippen LogP contribution is 2.33. The molecule has 3 heterocycles. The second kappa shape index (κ2) is 21.5. The molecule has 4 aliphatic rings. The van der Waals surface area contributed by atoms with Crippen LogP contribution in [0.3, 0.4) is 0 Å². The van der Waals surface area contributed by atoms with E-state index >= 15 is 0 Å². The zero-order valence-corrected chi connectivity index (χ0v) is 38.9. The number of ether oxygens (including phenoxy) is 8. The van der Waals surface area contributed by atoms with E-state index in [1.807, 2.05) is 47.6 Å². The Bertz CT molecular complexity index is 1540. The van der Waals surface area contributed by atoms with E-state index in [9.17, 15) is 29.4 Å². The molecule has 0 spiro atoms. The van der Waals surface area contributed by atoms with Crippen LogP contribution < -0.4 is 21.3 Å². The molecule has 62 heavy (non-hydrogen) atoms. The lowest BCUT2D eigenvalue weighted by atomic mass is 9.83. The highest BCUT2D eigenvalue weighted by molar-refractivity contribution is 5.76. The molecule has 1 aliphatic carbocycles. The number of amides is 4. The summed E-state index contributed by atoms with van der Waals surface area (Å²) in [5, 5.41) is 34.9. The third-order valence-corrected chi connectivity index (χ3v) is 10.3. The normalized spacial score (nSPS) is 30.4. The molecule has 2 saturated heterocycles. The lowest BCUT2D eigenvalue weighted by Crippen LogP contribution is -2.67. The van der Waals surface area contributed by atoms with Gasteiger partial charge in [0.25, 0.3) is 0 Å². The van der Waals surface area contributed by atoms with Crippen LogP contribution in [0.15, 0.2) is 11.8 Å². The van der Waals surface area contributed by atoms with Crippen molar-refractivity contribution in [3.05, 3.63) is 11.8 Å². The van der Waals surface area contributed by atoms with Crippen LogP contribution in [0.5, 0.6) is 0 Å². The predicted molar refractivity (Wildman–Crippen MR) is 225 cm³/mol. The van der Waals surface area contributed by atoms with Crippen molar-refractivity contribution < 1.29 is 67.3 Å². The van der Waals surface area contributed by atoms with Crippen LogP contribution >= 0.6 is 0 Å². The topological polar surface area (TPSA) is 234 Å². The van der Waals surface area contributed by atoms with Gasteiger partial charge < -0.3 is 69.4 Å². The summed E-state index contributed by atoms with van der Waals surface area (Å²) in [6.45, 7) is 23.0. The fourth-order valence-electron chi connectivity index (χ4n) is 7.69. The molecule has 19 nitrogen and oxygen atoms in total. The summed E-state index contributed by atoms with van der Waals surface area (Å²) >= 11 is 0. The molecule has 1 saturated carbocycles. The summed E-state index contributed by atoms with van der Waals surface area (Å²) in [4.78, 5) is 53.5. The van der Waals surface area contributed by atoms with Gasteiger partial charge in [0.1, 0.15) is 52.7 Å². The third kappa shape index (κ3) is 16.3. The first-order chi connectivity index (χ1) is 28.7. The predicted octanol–water partition coefficient (Wildman–Crippen LogP) is 3.93. The number of rotatable bonds is 14. The average molecular weight is 886 g/mol. The van der Waals surface area contributed by atoms with Gasteiger partial charge in [-0.1, -0.05) is 6.92 Å². The van der Waals surface area contributed by atoms with Crippen molar-refractivity contribution in [2.45, 2.75) is 199 Å². The van der Waals surface area contributed by atoms with E-state index in [1.165, 1.54) is 0 Å². The molecule has 0 radical (unpaired) electrons. The molecule has 356 valence electrons. The second-order valence-electron chi connectivity index (χ2n) is 20.2. The molecule has 3 aliphatic heterocycles. The number of carbonyl (C=O) groups excluding carboxylic acids is 4. The van der Waals surface area contributed by atoms with Crippen LogP contribution in [0.25, 0.3) is 0 Å². The Morgan fingerprint density at radius 2 is 1.48 bits per heavy atom. The van der Waals surface area contributed by atoms with Gasteiger partial charge in [-0.25, -0.2) is 14.4 Å². The minimum Gasteiger partial charge on any atom is -0.468 e. The number of alkyl carbamates (subject to hydrolysis) is 2. The van der Waals surface area contributed by atoms with Gasteiger partial charge in [-0.15, -0.1) is 0 Å². The number of aliphatic hydroxyl groups excluding tert-OH is 2. The Labute approximate surface area is 366 Å². The zero-order valence-electron chi connectivity index (χ0n) is 38.9. The van der Waals surface area contributed by atoms with E-state index in [1.54, 1.807) is 46.4 Å². The zero-order chi connectivity index (χ0) is 46.2. The number of carbonyl (C=O) groups is 4. The quantitative estimate of drug-likeness (QED) is 0.107. The molecule has 19 heteroatoms. The number of nitrogens with one attached hydrogen (secondary N) is 4. The summed E-state index contributed by atoms with van der Waals surface area (Å²) in [5.41, 5.74) is -3.04. The summed E-state index contributed by atoms with van der Waals surface area (Å²) in [7, 11) is 0. The molecule has 1 unspecified atom stereocenters. The van der Waals surface area contributed by atoms with Crippen LogP contribution in [0.1, 0.15) is 122 Å². The van der Waals surface area contributed by atoms with Crippen LogP contribution in [0.2, 0.25) is 0 Å². The van der Waals surface area contributed by atoms with E-state index < -0.39 is 95.8 Å². The molecular formula is C43H75N5O14. The van der Waals surface area contributed by atoms with Gasteiger partial charge in [-0.3, -0.25) is 9.69 Å². The number of aliphatic hydroxyl groups is 2. The standard InChI is InChI=1S/C43H75N5O14/c1-25-19-30(49)36(55-23-25)59-35-28(46-31(50)16-14-18-45-37(52)60-40(2,3)4)20-29(47-38(53)61-41(5,6)7)34(33(35)51)58-32-17-13-15-27(57-32)22-44-21-26-24-56-43(11,12)48(26)39(54)62-42(8,9)10/h15,25-26,28-30,32-36,44,49,51H,13-14,16-24H2,1-12H3,(H,45,52)(H,46,50)(H,47,53)/t25-,26?,28+,29-,30+,32+,33-,34+,35-,36+/m0/s1. The molecule has 0 aromatic rings. The van der Waals surface area contributed by atoms with E-state index in [0.717, 1.165) is 0 Å². The van der Waals surface area contributed by atoms with Gasteiger partial charge in [0, 0.05) is 25.9 Å². The van der Waals surface area contributed by atoms with E-state index in [0.29, 0.717) is 51.3 Å². The fraction of sp³-hybridized carbons (Fsp3) is 0.860. The average Bonchev–Trinajstić information content (AvgIpc) is 3.42. The Kier molecular flexibility index (Phi) is 17.7. The summed E-state index contributed by atoms with van der Waals surface area (Å²) in [6, 6.07) is -2.10. The third-order valence-electron chi connectivity index (χ3n) is 10.3. The Morgan fingerprint density at radius 3 is 2.13 bits per heavy atom. The maximum absolute atomic E-state index is 13.4. The SMILES string of the molecule is C[C@@H]1CO[C@H](O[C@@H]2[C@@H](O)[C@H](O[C@@H]3CCC=C(CNCC4COC(C)(C)N4C(=O)OC(C)(C)C)O3)[C@@H](NC(=O)OC(C)(C)C)C[C@H]2NC(=O)CCCNC(=O)OC(C)(C)C)[C@H](O)C1. The first-order valence-electron chi connectivity index (χ1n) is 22.0. The second-order valence-corrected chi connectivity index (χ2v) is 20.2. The minimum absolute atomic E-state index is 0.0168. The molecule has 0 aromatic heterocycles. The van der Waals surface area contributed by atoms with Crippen molar-refractivity contribution in [1.29, 1.82) is 0 Å². The molecule has 6 N–H and O–H groups in total. The lowest BCUT2D eigenvalue weighted by Gasteiger charge is -2.47. The molecule has 4 amide bonds. The van der Waals surface area contributed by atoms with Gasteiger partial charge in [-0.05, 0) is 114 Å². The molecule has 10 atom stereocenters. The first-order valence-corrected chi connectivity index (χ1v) is 22.0. The summed E-state index contributed by atoms with van der Waals surface area (Å²) in [5.74, 6) is 0.264.